The van der Waals surface area contributed by atoms with Crippen molar-refractivity contribution < 1.29 is 4.39 Å². The van der Waals surface area contributed by atoms with Gasteiger partial charge in [-0.05, 0) is 36.5 Å². The molecule has 0 atom stereocenters. The molecular weight excluding hydrogens is 272 g/mol. The maximum atomic E-state index is 13.5. The molecular formula is C14H20Cl2FN. The van der Waals surface area contributed by atoms with E-state index >= 15 is 0 Å². The van der Waals surface area contributed by atoms with Crippen LogP contribution in [0.15, 0.2) is 18.2 Å². The summed E-state index contributed by atoms with van der Waals surface area (Å²) in [5, 5.41) is 3.84. The molecule has 1 nitrogen and oxygen atoms in total. The van der Waals surface area contributed by atoms with E-state index in [1.165, 1.54) is 6.07 Å². The molecule has 0 spiro atoms. The highest BCUT2D eigenvalue weighted by Crippen LogP contribution is 2.27. The van der Waals surface area contributed by atoms with E-state index in [0.717, 1.165) is 19.4 Å². The number of hydrogen-bond donors (Lipinski definition) is 1. The van der Waals surface area contributed by atoms with Crippen LogP contribution in [0, 0.1) is 11.2 Å². The van der Waals surface area contributed by atoms with Crippen molar-refractivity contribution in [2.24, 2.45) is 5.41 Å². The Labute approximate surface area is 119 Å². The zero-order valence-corrected chi connectivity index (χ0v) is 12.4. The Bertz CT molecular complexity index is 370. The van der Waals surface area contributed by atoms with Crippen LogP contribution in [0.2, 0.25) is 5.02 Å². The van der Waals surface area contributed by atoms with E-state index in [0.29, 0.717) is 23.0 Å². The first kappa shape index (κ1) is 15.7. The van der Waals surface area contributed by atoms with E-state index in [1.54, 1.807) is 12.1 Å². The third-order valence-corrected chi connectivity index (χ3v) is 4.41. The molecule has 18 heavy (non-hydrogen) atoms. The van der Waals surface area contributed by atoms with Gasteiger partial charge in [-0.2, -0.15) is 0 Å². The molecule has 0 aliphatic heterocycles. The minimum Gasteiger partial charge on any atom is -0.312 e. The summed E-state index contributed by atoms with van der Waals surface area (Å²) in [5.74, 6) is 0.391. The van der Waals surface area contributed by atoms with Crippen LogP contribution in [0.25, 0.3) is 0 Å². The van der Waals surface area contributed by atoms with Crippen molar-refractivity contribution in [3.8, 4) is 0 Å². The summed E-state index contributed by atoms with van der Waals surface area (Å²) in [6.07, 6.45) is 2.02. The summed E-state index contributed by atoms with van der Waals surface area (Å²) in [7, 11) is 0. The van der Waals surface area contributed by atoms with Gasteiger partial charge in [0.05, 0.1) is 0 Å². The average Bonchev–Trinajstić information content (AvgIpc) is 2.39. The fourth-order valence-corrected chi connectivity index (χ4v) is 2.54. The molecule has 0 unspecified atom stereocenters. The minimum atomic E-state index is -0.226. The summed E-state index contributed by atoms with van der Waals surface area (Å²) in [6, 6.07) is 4.61. The van der Waals surface area contributed by atoms with Crippen LogP contribution in [-0.2, 0) is 6.54 Å². The van der Waals surface area contributed by atoms with E-state index < -0.39 is 0 Å². The van der Waals surface area contributed by atoms with Crippen LogP contribution in [-0.4, -0.2) is 12.4 Å². The Morgan fingerprint density at radius 3 is 2.50 bits per heavy atom. The molecule has 1 N–H and O–H groups in total. The van der Waals surface area contributed by atoms with Crippen molar-refractivity contribution in [1.82, 2.24) is 5.32 Å². The van der Waals surface area contributed by atoms with Crippen LogP contribution in [0.5, 0.6) is 0 Å². The molecule has 1 rings (SSSR count). The SMILES string of the molecule is CCC(CC)(CCl)CNCc1cc(Cl)ccc1F. The second-order valence-electron chi connectivity index (χ2n) is 4.68. The van der Waals surface area contributed by atoms with Crippen LogP contribution in [0.3, 0.4) is 0 Å². The molecule has 0 bridgehead atoms. The Hall–Kier alpha value is -0.310. The standard InChI is InChI=1S/C14H20Cl2FN/c1-3-14(4-2,9-15)10-18-8-11-7-12(16)5-6-13(11)17/h5-7,18H,3-4,8-10H2,1-2H3. The van der Waals surface area contributed by atoms with Gasteiger partial charge < -0.3 is 5.32 Å². The molecule has 0 saturated carbocycles. The Morgan fingerprint density at radius 1 is 1.28 bits per heavy atom. The largest absolute Gasteiger partial charge is 0.312 e. The molecule has 1 aromatic rings. The number of rotatable bonds is 7. The predicted octanol–water partition coefficient (Wildman–Crippen LogP) is 4.61. The number of benzene rings is 1. The highest BCUT2D eigenvalue weighted by atomic mass is 35.5. The first-order valence-corrected chi connectivity index (χ1v) is 7.18. The second-order valence-corrected chi connectivity index (χ2v) is 5.38. The molecule has 0 heterocycles. The maximum Gasteiger partial charge on any atom is 0.127 e. The van der Waals surface area contributed by atoms with Crippen LogP contribution >= 0.6 is 23.2 Å². The summed E-state index contributed by atoms with van der Waals surface area (Å²) in [5.41, 5.74) is 0.689. The summed E-state index contributed by atoms with van der Waals surface area (Å²) >= 11 is 11.9. The molecule has 0 amide bonds. The number of nitrogens with one attached hydrogen (secondary N) is 1. The Morgan fingerprint density at radius 2 is 1.94 bits per heavy atom. The van der Waals surface area contributed by atoms with Crippen molar-refractivity contribution >= 4 is 23.2 Å². The van der Waals surface area contributed by atoms with E-state index in [-0.39, 0.29) is 11.2 Å². The molecule has 0 aromatic heterocycles. The fraction of sp³-hybridized carbons (Fsp3) is 0.571. The monoisotopic (exact) mass is 291 g/mol. The second kappa shape index (κ2) is 7.32. The lowest BCUT2D eigenvalue weighted by Gasteiger charge is -2.29. The van der Waals surface area contributed by atoms with E-state index in [4.69, 9.17) is 23.2 Å². The summed E-state index contributed by atoms with van der Waals surface area (Å²) < 4.78 is 13.5. The van der Waals surface area contributed by atoms with Crippen LogP contribution < -0.4 is 5.32 Å². The van der Waals surface area contributed by atoms with Gasteiger partial charge in [-0.1, -0.05) is 25.4 Å². The third kappa shape index (κ3) is 4.11. The van der Waals surface area contributed by atoms with Crippen LogP contribution in [0.1, 0.15) is 32.3 Å². The van der Waals surface area contributed by atoms with Crippen molar-refractivity contribution in [2.75, 3.05) is 12.4 Å². The number of alkyl halides is 1. The first-order chi connectivity index (χ1) is 8.56. The highest BCUT2D eigenvalue weighted by molar-refractivity contribution is 6.30. The lowest BCUT2D eigenvalue weighted by molar-refractivity contribution is 0.285. The zero-order valence-electron chi connectivity index (χ0n) is 10.9. The average molecular weight is 292 g/mol. The first-order valence-electron chi connectivity index (χ1n) is 6.27. The summed E-state index contributed by atoms with van der Waals surface area (Å²) in [4.78, 5) is 0. The van der Waals surface area contributed by atoms with Gasteiger partial charge in [0.2, 0.25) is 0 Å². The van der Waals surface area contributed by atoms with Gasteiger partial charge in [-0.25, -0.2) is 4.39 Å². The Kier molecular flexibility index (Phi) is 6.40. The maximum absolute atomic E-state index is 13.5. The molecule has 0 fully saturated rings. The third-order valence-electron chi connectivity index (χ3n) is 3.61. The fourth-order valence-electron chi connectivity index (χ4n) is 1.88. The van der Waals surface area contributed by atoms with Gasteiger partial charge in [0.25, 0.3) is 0 Å². The molecule has 0 saturated heterocycles. The van der Waals surface area contributed by atoms with Gasteiger partial charge >= 0.3 is 0 Å². The van der Waals surface area contributed by atoms with E-state index in [1.807, 2.05) is 0 Å². The van der Waals surface area contributed by atoms with Crippen molar-refractivity contribution in [1.29, 1.82) is 0 Å². The van der Waals surface area contributed by atoms with Gasteiger partial charge in [0.15, 0.2) is 0 Å². The van der Waals surface area contributed by atoms with Crippen LogP contribution in [0.4, 0.5) is 4.39 Å². The topological polar surface area (TPSA) is 12.0 Å². The number of hydrogen-bond acceptors (Lipinski definition) is 1. The zero-order chi connectivity index (χ0) is 13.6. The van der Waals surface area contributed by atoms with E-state index in [2.05, 4.69) is 19.2 Å². The van der Waals surface area contributed by atoms with E-state index in [9.17, 15) is 4.39 Å². The van der Waals surface area contributed by atoms with Gasteiger partial charge in [0, 0.05) is 29.6 Å². The normalized spacial score (nSPS) is 11.8. The molecule has 4 heteroatoms. The van der Waals surface area contributed by atoms with Crippen molar-refractivity contribution in [3.63, 3.8) is 0 Å². The number of halogens is 3. The minimum absolute atomic E-state index is 0.0939. The molecule has 1 aromatic carbocycles. The predicted molar refractivity (Wildman–Crippen MR) is 76.9 cm³/mol. The highest BCUT2D eigenvalue weighted by Gasteiger charge is 2.24. The van der Waals surface area contributed by atoms with Crippen molar-refractivity contribution in [3.05, 3.63) is 34.6 Å². The molecule has 0 radical (unpaired) electrons. The van der Waals surface area contributed by atoms with Gasteiger partial charge in [0.1, 0.15) is 5.82 Å². The lowest BCUT2D eigenvalue weighted by Crippen LogP contribution is -2.34. The Balaban J connectivity index is 2.57. The molecule has 0 aliphatic rings. The molecule has 0 aliphatic carbocycles. The summed E-state index contributed by atoms with van der Waals surface area (Å²) in [6.45, 7) is 5.53. The smallest absolute Gasteiger partial charge is 0.127 e. The lowest BCUT2D eigenvalue weighted by atomic mass is 9.84. The van der Waals surface area contributed by atoms with Gasteiger partial charge in [-0.15, -0.1) is 11.6 Å². The van der Waals surface area contributed by atoms with Crippen molar-refractivity contribution in [2.45, 2.75) is 33.2 Å². The van der Waals surface area contributed by atoms with Gasteiger partial charge in [-0.3, -0.25) is 0 Å². The quantitative estimate of drug-likeness (QED) is 0.723. The molecule has 102 valence electrons.